The van der Waals surface area contributed by atoms with Gasteiger partial charge in [0.25, 0.3) is 5.69 Å². The van der Waals surface area contributed by atoms with E-state index in [4.69, 9.17) is 14.2 Å². The van der Waals surface area contributed by atoms with Crippen LogP contribution in [0.1, 0.15) is 58.3 Å². The van der Waals surface area contributed by atoms with Crippen LogP contribution in [0.3, 0.4) is 0 Å². The molecule has 0 aliphatic rings. The Bertz CT molecular complexity index is 713. The fourth-order valence-electron chi connectivity index (χ4n) is 2.71. The molecule has 0 fully saturated rings. The molecule has 0 heterocycles. The summed E-state index contributed by atoms with van der Waals surface area (Å²) in [6.45, 7) is 9.15. The average molecular weight is 434 g/mol. The summed E-state index contributed by atoms with van der Waals surface area (Å²) in [4.78, 5) is 34.0. The van der Waals surface area contributed by atoms with Crippen LogP contribution in [-0.4, -0.2) is 29.3 Å². The van der Waals surface area contributed by atoms with Crippen molar-refractivity contribution in [1.29, 1.82) is 0 Å². The van der Waals surface area contributed by atoms with Crippen LogP contribution in [0.5, 0.6) is 5.75 Å². The largest absolute Gasteiger partial charge is 0.514 e. The molecule has 0 amide bonds. The highest BCUT2D eigenvalue weighted by molar-refractivity contribution is 5.70. The number of nitro groups is 1. The molecule has 31 heavy (non-hydrogen) atoms. The van der Waals surface area contributed by atoms with Crippen LogP contribution in [0.2, 0.25) is 0 Å². The Kier molecular flexibility index (Phi) is 12.6. The number of nitro benzene ring substituents is 1. The van der Waals surface area contributed by atoms with Gasteiger partial charge < -0.3 is 14.2 Å². The number of rotatable bonds is 14. The summed E-state index contributed by atoms with van der Waals surface area (Å²) in [5.41, 5.74) is -0.114. The highest BCUT2D eigenvalue weighted by Crippen LogP contribution is 2.19. The SMILES string of the molecule is [CH2]C([CH2])OC(=O)CCC(CC/C=C\CCCCC)OC(=O)Oc1ccc([N+](=O)[O-])cc1. The lowest BCUT2D eigenvalue weighted by molar-refractivity contribution is -0.384. The summed E-state index contributed by atoms with van der Waals surface area (Å²) in [7, 11) is 0. The van der Waals surface area contributed by atoms with Crippen molar-refractivity contribution in [2.75, 3.05) is 0 Å². The fourth-order valence-corrected chi connectivity index (χ4v) is 2.71. The number of esters is 1. The molecule has 1 unspecified atom stereocenters. The number of ether oxygens (including phenoxy) is 3. The van der Waals surface area contributed by atoms with E-state index in [2.05, 4.69) is 26.8 Å². The summed E-state index contributed by atoms with van der Waals surface area (Å²) in [6.07, 6.45) is 7.96. The van der Waals surface area contributed by atoms with Crippen molar-refractivity contribution < 1.29 is 28.7 Å². The molecule has 0 saturated heterocycles. The van der Waals surface area contributed by atoms with Crippen molar-refractivity contribution in [2.24, 2.45) is 0 Å². The second kappa shape index (κ2) is 15.0. The number of benzene rings is 1. The Morgan fingerprint density at radius 1 is 1.06 bits per heavy atom. The molecule has 0 bridgehead atoms. The first-order valence-electron chi connectivity index (χ1n) is 10.4. The Balaban J connectivity index is 2.58. The Hall–Kier alpha value is -2.90. The molecule has 8 heteroatoms. The number of hydrogen-bond acceptors (Lipinski definition) is 7. The van der Waals surface area contributed by atoms with Crippen LogP contribution in [0.4, 0.5) is 10.5 Å². The van der Waals surface area contributed by atoms with Crippen LogP contribution in [-0.2, 0) is 14.3 Å². The third kappa shape index (κ3) is 12.4. The summed E-state index contributed by atoms with van der Waals surface area (Å²) in [5.74, 6) is -0.344. The van der Waals surface area contributed by atoms with Gasteiger partial charge in [0, 0.05) is 18.6 Å². The Morgan fingerprint density at radius 2 is 1.74 bits per heavy atom. The van der Waals surface area contributed by atoms with Gasteiger partial charge in [0.1, 0.15) is 18.0 Å². The number of non-ortho nitro benzene ring substituents is 1. The van der Waals surface area contributed by atoms with E-state index in [0.717, 1.165) is 19.3 Å². The number of nitrogens with zero attached hydrogens (tertiary/aromatic N) is 1. The van der Waals surface area contributed by atoms with Gasteiger partial charge in [0.2, 0.25) is 0 Å². The quantitative estimate of drug-likeness (QED) is 0.0917. The molecule has 0 spiro atoms. The van der Waals surface area contributed by atoms with Crippen LogP contribution >= 0.6 is 0 Å². The van der Waals surface area contributed by atoms with Crippen molar-refractivity contribution >= 4 is 17.8 Å². The zero-order valence-electron chi connectivity index (χ0n) is 18.0. The topological polar surface area (TPSA) is 105 Å². The number of hydrogen-bond donors (Lipinski definition) is 0. The first kappa shape index (κ1) is 26.1. The number of allylic oxidation sites excluding steroid dienone is 2. The van der Waals surface area contributed by atoms with Gasteiger partial charge in [-0.2, -0.15) is 0 Å². The van der Waals surface area contributed by atoms with Crippen LogP contribution in [0.25, 0.3) is 0 Å². The minimum Gasteiger partial charge on any atom is -0.462 e. The zero-order valence-corrected chi connectivity index (χ0v) is 18.0. The predicted molar refractivity (Wildman–Crippen MR) is 116 cm³/mol. The smallest absolute Gasteiger partial charge is 0.462 e. The maximum Gasteiger partial charge on any atom is 0.514 e. The molecule has 170 valence electrons. The van der Waals surface area contributed by atoms with Crippen LogP contribution in [0.15, 0.2) is 36.4 Å². The van der Waals surface area contributed by atoms with Crippen molar-refractivity contribution in [1.82, 2.24) is 0 Å². The van der Waals surface area contributed by atoms with Crippen molar-refractivity contribution in [3.05, 3.63) is 60.4 Å². The summed E-state index contributed by atoms with van der Waals surface area (Å²) in [6, 6.07) is 5.09. The Labute approximate surface area is 183 Å². The third-order valence-electron chi connectivity index (χ3n) is 4.28. The lowest BCUT2D eigenvalue weighted by Gasteiger charge is -2.17. The molecular formula is C23H31NO7. The Morgan fingerprint density at radius 3 is 2.35 bits per heavy atom. The monoisotopic (exact) mass is 433 g/mol. The molecule has 8 nitrogen and oxygen atoms in total. The van der Waals surface area contributed by atoms with E-state index in [1.165, 1.54) is 30.7 Å². The van der Waals surface area contributed by atoms with E-state index in [1.54, 1.807) is 0 Å². The van der Waals surface area contributed by atoms with E-state index in [1.807, 2.05) is 6.08 Å². The van der Waals surface area contributed by atoms with Crippen LogP contribution < -0.4 is 4.74 Å². The minimum atomic E-state index is -0.939. The summed E-state index contributed by atoms with van der Waals surface area (Å²) in [5, 5.41) is 10.7. The molecule has 0 aliphatic carbocycles. The lowest BCUT2D eigenvalue weighted by atomic mass is 10.1. The average Bonchev–Trinajstić information content (AvgIpc) is 2.71. The van der Waals surface area contributed by atoms with E-state index in [0.29, 0.717) is 12.8 Å². The van der Waals surface area contributed by atoms with E-state index in [9.17, 15) is 19.7 Å². The highest BCUT2D eigenvalue weighted by Gasteiger charge is 2.19. The zero-order chi connectivity index (χ0) is 23.1. The fraction of sp³-hybridized carbons (Fsp3) is 0.478. The second-order valence-corrected chi connectivity index (χ2v) is 7.04. The first-order valence-corrected chi connectivity index (χ1v) is 10.4. The van der Waals surface area contributed by atoms with E-state index >= 15 is 0 Å². The number of unbranched alkanes of at least 4 members (excludes halogenated alkanes) is 3. The van der Waals surface area contributed by atoms with E-state index < -0.39 is 29.3 Å². The maximum atomic E-state index is 12.1. The van der Waals surface area contributed by atoms with Gasteiger partial charge in [-0.3, -0.25) is 14.9 Å². The molecule has 1 rings (SSSR count). The van der Waals surface area contributed by atoms with Gasteiger partial charge in [0.15, 0.2) is 0 Å². The molecule has 1 atom stereocenters. The second-order valence-electron chi connectivity index (χ2n) is 7.04. The maximum absolute atomic E-state index is 12.1. The minimum absolute atomic E-state index is 0.0528. The number of carbonyl (C=O) groups is 2. The van der Waals surface area contributed by atoms with Crippen molar-refractivity contribution in [3.8, 4) is 5.75 Å². The summed E-state index contributed by atoms with van der Waals surface area (Å²) < 4.78 is 15.4. The standard InChI is InChI=1S/C23H31NO7/c1-4-5-6-7-8-9-10-11-20(16-17-22(25)29-18(2)3)30-23(26)31-21-14-12-19(13-15-21)24(27)28/h8-9,12-15,18,20H,2-7,10-11,16-17H2,1H3/b9-8-. The van der Waals surface area contributed by atoms with Crippen LogP contribution in [0, 0.1) is 24.0 Å². The molecule has 2 radical (unpaired) electrons. The molecule has 1 aromatic rings. The van der Waals surface area contributed by atoms with Gasteiger partial charge in [-0.25, -0.2) is 4.79 Å². The van der Waals surface area contributed by atoms with E-state index in [-0.39, 0.29) is 24.3 Å². The molecule has 1 aromatic carbocycles. The molecule has 0 saturated carbocycles. The van der Waals surface area contributed by atoms with Gasteiger partial charge in [-0.15, -0.1) is 0 Å². The normalized spacial score (nSPS) is 12.0. The molecule has 0 aliphatic heterocycles. The van der Waals surface area contributed by atoms with Gasteiger partial charge >= 0.3 is 12.1 Å². The first-order chi connectivity index (χ1) is 14.8. The van der Waals surface area contributed by atoms with Gasteiger partial charge in [-0.05, 0) is 58.1 Å². The number of carbonyl (C=O) groups excluding carboxylic acids is 2. The predicted octanol–water partition coefficient (Wildman–Crippen LogP) is 5.76. The van der Waals surface area contributed by atoms with Gasteiger partial charge in [-0.1, -0.05) is 31.9 Å². The molecular weight excluding hydrogens is 402 g/mol. The molecule has 0 N–H and O–H groups in total. The highest BCUT2D eigenvalue weighted by atomic mass is 16.7. The molecule has 0 aromatic heterocycles. The van der Waals surface area contributed by atoms with Crippen molar-refractivity contribution in [2.45, 2.75) is 70.5 Å². The lowest BCUT2D eigenvalue weighted by Crippen LogP contribution is -2.23. The third-order valence-corrected chi connectivity index (χ3v) is 4.28. The summed E-state index contributed by atoms with van der Waals surface area (Å²) >= 11 is 0. The van der Waals surface area contributed by atoms with Gasteiger partial charge in [0.05, 0.1) is 4.92 Å². The van der Waals surface area contributed by atoms with Crippen molar-refractivity contribution in [3.63, 3.8) is 0 Å².